The normalized spacial score (nSPS) is 16.3. The number of hydrogen-bond acceptors (Lipinski definition) is 7. The van der Waals surface area contributed by atoms with Crippen LogP contribution in [0.3, 0.4) is 0 Å². The molecular weight excluding hydrogens is 521 g/mol. The fraction of sp³-hybridized carbons (Fsp3) is 0.182. The van der Waals surface area contributed by atoms with E-state index in [1.807, 2.05) is 0 Å². The number of aromatic nitrogens is 4. The summed E-state index contributed by atoms with van der Waals surface area (Å²) in [7, 11) is -3.04. The van der Waals surface area contributed by atoms with E-state index in [-0.39, 0.29) is 28.0 Å². The van der Waals surface area contributed by atoms with Crippen LogP contribution in [0.4, 0.5) is 24.7 Å². The number of anilines is 2. The van der Waals surface area contributed by atoms with E-state index in [2.05, 4.69) is 20.4 Å². The molecule has 4 aromatic rings. The molecule has 1 aliphatic rings. The molecule has 0 atom stereocenters. The highest BCUT2D eigenvalue weighted by molar-refractivity contribution is 8.25. The number of alkyl halides is 3. The Kier molecular flexibility index (Phi) is 6.03. The highest BCUT2D eigenvalue weighted by atomic mass is 35.5. The van der Waals surface area contributed by atoms with E-state index in [1.165, 1.54) is 29.0 Å². The van der Waals surface area contributed by atoms with Gasteiger partial charge in [0.15, 0.2) is 11.5 Å². The van der Waals surface area contributed by atoms with E-state index >= 15 is 0 Å². The van der Waals surface area contributed by atoms with Crippen LogP contribution in [-0.2, 0) is 6.18 Å². The molecule has 1 fully saturated rings. The maximum absolute atomic E-state index is 14.1. The van der Waals surface area contributed by atoms with Crippen molar-refractivity contribution in [3.8, 4) is 5.69 Å². The standard InChI is InChI=1S/C22H18ClF3N6O3S/c23-17-8-14(10-28-20(17)31-6-3-7-36(31,34)35)30-21(33)16-11-29-32(19(16)22(24,25)26)18-12-27-9-13-4-1-2-5-15(13)18/h1-2,4-5,8-12,34-35H,3,6-7H2,(H,30,33). The Hall–Kier alpha value is -3.39. The third-order valence-electron chi connectivity index (χ3n) is 5.61. The summed E-state index contributed by atoms with van der Waals surface area (Å²) in [5.41, 5.74) is -1.88. The van der Waals surface area contributed by atoms with Crippen LogP contribution in [0.25, 0.3) is 16.5 Å². The molecule has 0 radical (unpaired) electrons. The molecule has 3 N–H and O–H groups in total. The predicted molar refractivity (Wildman–Crippen MR) is 131 cm³/mol. The van der Waals surface area contributed by atoms with Gasteiger partial charge < -0.3 is 5.32 Å². The van der Waals surface area contributed by atoms with Gasteiger partial charge in [-0.2, -0.15) is 18.3 Å². The third-order valence-corrected chi connectivity index (χ3v) is 7.78. The van der Waals surface area contributed by atoms with E-state index in [9.17, 15) is 27.1 Å². The third kappa shape index (κ3) is 4.34. The quantitative estimate of drug-likeness (QED) is 0.309. The van der Waals surface area contributed by atoms with Crippen molar-refractivity contribution in [2.45, 2.75) is 12.6 Å². The van der Waals surface area contributed by atoms with Crippen molar-refractivity contribution in [1.82, 2.24) is 19.7 Å². The maximum atomic E-state index is 14.1. The van der Waals surface area contributed by atoms with Crippen LogP contribution >= 0.6 is 22.4 Å². The second-order valence-electron chi connectivity index (χ2n) is 7.97. The average Bonchev–Trinajstić information content (AvgIpc) is 3.42. The van der Waals surface area contributed by atoms with E-state index in [4.69, 9.17) is 11.6 Å². The highest BCUT2D eigenvalue weighted by Gasteiger charge is 2.41. The molecule has 0 saturated carbocycles. The number of nitrogens with zero attached hydrogens (tertiary/aromatic N) is 5. The Morgan fingerprint density at radius 2 is 1.92 bits per heavy atom. The van der Waals surface area contributed by atoms with Gasteiger partial charge in [0.25, 0.3) is 5.91 Å². The molecule has 9 nitrogen and oxygen atoms in total. The minimum atomic E-state index is -4.91. The smallest absolute Gasteiger partial charge is 0.320 e. The Morgan fingerprint density at radius 3 is 2.61 bits per heavy atom. The zero-order valence-electron chi connectivity index (χ0n) is 18.3. The summed E-state index contributed by atoms with van der Waals surface area (Å²) in [6.07, 6.45) is 0.406. The summed E-state index contributed by atoms with van der Waals surface area (Å²) in [6.45, 7) is 0.331. The highest BCUT2D eigenvalue weighted by Crippen LogP contribution is 2.52. The number of carbonyl (C=O) groups is 1. The Bertz CT molecular complexity index is 1470. The second-order valence-corrected chi connectivity index (χ2v) is 10.5. The zero-order valence-corrected chi connectivity index (χ0v) is 19.8. The van der Waals surface area contributed by atoms with Crippen LogP contribution in [0.2, 0.25) is 5.02 Å². The minimum absolute atomic E-state index is 0.00300. The summed E-state index contributed by atoms with van der Waals surface area (Å²) in [6, 6.07) is 8.04. The van der Waals surface area contributed by atoms with Gasteiger partial charge in [0, 0.05) is 23.5 Å². The van der Waals surface area contributed by atoms with Crippen LogP contribution in [0, 0.1) is 0 Å². The molecule has 0 unspecified atom stereocenters. The lowest BCUT2D eigenvalue weighted by Gasteiger charge is -2.37. The Labute approximate surface area is 209 Å². The molecule has 0 spiro atoms. The summed E-state index contributed by atoms with van der Waals surface area (Å²) in [5.74, 6) is -0.780. The van der Waals surface area contributed by atoms with Crippen LogP contribution in [0.1, 0.15) is 22.5 Å². The molecular formula is C22H18ClF3N6O3S. The lowest BCUT2D eigenvalue weighted by molar-refractivity contribution is -0.143. The molecule has 1 aliphatic heterocycles. The fourth-order valence-electron chi connectivity index (χ4n) is 4.02. The molecule has 188 valence electrons. The number of pyridine rings is 2. The number of amides is 1. The number of carbonyl (C=O) groups excluding carboxylic acids is 1. The first kappa shape index (κ1) is 24.3. The second kappa shape index (κ2) is 8.92. The molecule has 0 aliphatic carbocycles. The van der Waals surface area contributed by atoms with Crippen molar-refractivity contribution in [1.29, 1.82) is 0 Å². The Morgan fingerprint density at radius 1 is 1.14 bits per heavy atom. The minimum Gasteiger partial charge on any atom is -0.320 e. The topological polar surface area (TPSA) is 116 Å². The van der Waals surface area contributed by atoms with Crippen LogP contribution in [-0.4, -0.2) is 47.1 Å². The number of nitrogens with one attached hydrogen (secondary N) is 1. The molecule has 5 rings (SSSR count). The average molecular weight is 539 g/mol. The molecule has 1 aromatic carbocycles. The summed E-state index contributed by atoms with van der Waals surface area (Å²) in [4.78, 5) is 21.0. The molecule has 14 heteroatoms. The number of fused-ring (bicyclic) bond motifs is 1. The van der Waals surface area contributed by atoms with E-state index in [0.29, 0.717) is 28.4 Å². The van der Waals surface area contributed by atoms with Gasteiger partial charge in [-0.15, -0.1) is 10.8 Å². The maximum Gasteiger partial charge on any atom is 0.434 e. The lowest BCUT2D eigenvalue weighted by Crippen LogP contribution is -2.23. The molecule has 36 heavy (non-hydrogen) atoms. The van der Waals surface area contributed by atoms with Crippen molar-refractivity contribution in [2.75, 3.05) is 21.9 Å². The number of hydrogen-bond donors (Lipinski definition) is 3. The van der Waals surface area contributed by atoms with Gasteiger partial charge in [0.05, 0.1) is 46.3 Å². The molecule has 4 heterocycles. The van der Waals surface area contributed by atoms with E-state index < -0.39 is 34.1 Å². The van der Waals surface area contributed by atoms with Gasteiger partial charge in [-0.1, -0.05) is 35.9 Å². The summed E-state index contributed by atoms with van der Waals surface area (Å²) < 4.78 is 64.6. The zero-order chi connectivity index (χ0) is 25.7. The predicted octanol–water partition coefficient (Wildman–Crippen LogP) is 5.62. The van der Waals surface area contributed by atoms with Gasteiger partial charge in [-0.3, -0.25) is 23.2 Å². The number of benzene rings is 1. The first-order valence-electron chi connectivity index (χ1n) is 10.5. The van der Waals surface area contributed by atoms with E-state index in [0.717, 1.165) is 6.20 Å². The van der Waals surface area contributed by atoms with Crippen LogP contribution < -0.4 is 9.62 Å². The summed E-state index contributed by atoms with van der Waals surface area (Å²) in [5, 5.41) is 7.31. The number of halogens is 4. The molecule has 1 saturated heterocycles. The van der Waals surface area contributed by atoms with Gasteiger partial charge in [-0.25, -0.2) is 9.67 Å². The van der Waals surface area contributed by atoms with Crippen molar-refractivity contribution in [3.63, 3.8) is 0 Å². The first-order chi connectivity index (χ1) is 17.1. The number of rotatable bonds is 4. The van der Waals surface area contributed by atoms with Crippen molar-refractivity contribution >= 4 is 50.6 Å². The Balaban J connectivity index is 1.49. The van der Waals surface area contributed by atoms with Crippen LogP contribution in [0.15, 0.2) is 55.1 Å². The van der Waals surface area contributed by atoms with Gasteiger partial charge in [-0.05, 0) is 12.5 Å². The van der Waals surface area contributed by atoms with Crippen molar-refractivity contribution in [2.24, 2.45) is 0 Å². The van der Waals surface area contributed by atoms with Gasteiger partial charge in [0.1, 0.15) is 0 Å². The summed E-state index contributed by atoms with van der Waals surface area (Å²) >= 11 is 6.24. The van der Waals surface area contributed by atoms with Gasteiger partial charge in [0.2, 0.25) is 0 Å². The largest absolute Gasteiger partial charge is 0.434 e. The van der Waals surface area contributed by atoms with E-state index in [1.54, 1.807) is 24.3 Å². The monoisotopic (exact) mass is 538 g/mol. The fourth-order valence-corrected chi connectivity index (χ4v) is 5.92. The first-order valence-corrected chi connectivity index (χ1v) is 12.6. The molecule has 1 amide bonds. The van der Waals surface area contributed by atoms with Crippen molar-refractivity contribution < 1.29 is 27.1 Å². The SMILES string of the molecule is O=C(Nc1cnc(N2CCCS2(O)O)c(Cl)c1)c1cnn(-c2cncc3ccccc23)c1C(F)(F)F. The van der Waals surface area contributed by atoms with Gasteiger partial charge >= 0.3 is 6.18 Å². The molecule has 3 aromatic heterocycles. The van der Waals surface area contributed by atoms with Crippen LogP contribution in [0.5, 0.6) is 0 Å². The lowest BCUT2D eigenvalue weighted by atomic mass is 10.1. The van der Waals surface area contributed by atoms with Crippen molar-refractivity contribution in [3.05, 3.63) is 71.4 Å². The molecule has 0 bridgehead atoms.